The second-order valence-electron chi connectivity index (χ2n) is 6.98. The van der Waals surface area contributed by atoms with Gasteiger partial charge in [0.15, 0.2) is 11.6 Å². The molecule has 1 heterocycles. The Bertz CT molecular complexity index is 1090. The van der Waals surface area contributed by atoms with E-state index in [0.717, 1.165) is 52.4 Å². The number of ether oxygens (including phenoxy) is 2. The lowest BCUT2D eigenvalue weighted by Gasteiger charge is -2.10. The summed E-state index contributed by atoms with van der Waals surface area (Å²) in [5.41, 5.74) is 5.47. The summed E-state index contributed by atoms with van der Waals surface area (Å²) in [5.74, 6) is 0.618. The van der Waals surface area contributed by atoms with Crippen LogP contribution >= 0.6 is 0 Å². The number of rotatable bonds is 4. The molecule has 0 saturated heterocycles. The number of Topliss-reactive ketones (excluding diaryl/α,β-unsaturated/α-hetero) is 2. The van der Waals surface area contributed by atoms with E-state index in [1.54, 1.807) is 7.11 Å². The van der Waals surface area contributed by atoms with Crippen LogP contribution in [0.1, 0.15) is 44.7 Å². The number of carbonyl (C=O) groups is 2. The Kier molecular flexibility index (Phi) is 3.40. The fourth-order valence-electron chi connectivity index (χ4n) is 4.53. The molecule has 5 heteroatoms. The quantitative estimate of drug-likeness (QED) is 0.577. The van der Waals surface area contributed by atoms with Crippen molar-refractivity contribution in [1.82, 2.24) is 4.98 Å². The molecule has 0 saturated carbocycles. The van der Waals surface area contributed by atoms with E-state index >= 15 is 0 Å². The Hall–Kier alpha value is -2.66. The van der Waals surface area contributed by atoms with Gasteiger partial charge in [0.25, 0.3) is 0 Å². The maximum absolute atomic E-state index is 12.7. The molecular formula is C21H19NO4. The van der Waals surface area contributed by atoms with Crippen LogP contribution in [0, 0.1) is 0 Å². The lowest BCUT2D eigenvalue weighted by atomic mass is 9.93. The van der Waals surface area contributed by atoms with Crippen molar-refractivity contribution >= 4 is 33.4 Å². The standard InChI is InChI=1S/C21H19NO4/c1-25-8-9-26-16-7-3-6-13-18(16)20-19-15(24)10-14(23)17(19)11-4-2-5-12(11)21(20)22-13/h3,6-7,22H,2,4-5,8-10H2,1H3. The summed E-state index contributed by atoms with van der Waals surface area (Å²) in [4.78, 5) is 28.8. The molecule has 0 fully saturated rings. The number of hydrogen-bond donors (Lipinski definition) is 1. The van der Waals surface area contributed by atoms with Crippen LogP contribution in [0.15, 0.2) is 18.2 Å². The summed E-state index contributed by atoms with van der Waals surface area (Å²) in [5, 5.41) is 1.76. The topological polar surface area (TPSA) is 68.4 Å². The number of hydrogen-bond acceptors (Lipinski definition) is 4. The van der Waals surface area contributed by atoms with E-state index in [-0.39, 0.29) is 18.0 Å². The monoisotopic (exact) mass is 349 g/mol. The fraction of sp³-hybridized carbons (Fsp3) is 0.333. The molecule has 0 amide bonds. The molecule has 1 N–H and O–H groups in total. The van der Waals surface area contributed by atoms with Gasteiger partial charge in [0.1, 0.15) is 12.4 Å². The Morgan fingerprint density at radius 1 is 1.00 bits per heavy atom. The van der Waals surface area contributed by atoms with Crippen LogP contribution in [0.5, 0.6) is 5.75 Å². The summed E-state index contributed by atoms with van der Waals surface area (Å²) < 4.78 is 11.0. The van der Waals surface area contributed by atoms with Crippen molar-refractivity contribution in [1.29, 1.82) is 0 Å². The minimum atomic E-state index is -0.0719. The normalized spacial score (nSPS) is 15.9. The molecule has 2 aliphatic rings. The number of aryl methyl sites for hydroxylation is 1. The maximum atomic E-state index is 12.7. The van der Waals surface area contributed by atoms with E-state index in [0.29, 0.717) is 24.3 Å². The van der Waals surface area contributed by atoms with E-state index in [1.165, 1.54) is 5.56 Å². The summed E-state index contributed by atoms with van der Waals surface area (Å²) in [6.07, 6.45) is 2.82. The third-order valence-electron chi connectivity index (χ3n) is 5.53. The zero-order chi connectivity index (χ0) is 17.8. The Morgan fingerprint density at radius 3 is 2.65 bits per heavy atom. The van der Waals surface area contributed by atoms with Gasteiger partial charge in [0.2, 0.25) is 0 Å². The molecule has 0 unspecified atom stereocenters. The average molecular weight is 349 g/mol. The van der Waals surface area contributed by atoms with Gasteiger partial charge >= 0.3 is 0 Å². The molecule has 132 valence electrons. The number of nitrogens with one attached hydrogen (secondary N) is 1. The highest BCUT2D eigenvalue weighted by atomic mass is 16.5. The molecule has 2 aromatic carbocycles. The van der Waals surface area contributed by atoms with Gasteiger partial charge in [-0.2, -0.15) is 0 Å². The lowest BCUT2D eigenvalue weighted by Crippen LogP contribution is -2.04. The van der Waals surface area contributed by atoms with Crippen LogP contribution in [0.4, 0.5) is 0 Å². The zero-order valence-electron chi connectivity index (χ0n) is 14.6. The van der Waals surface area contributed by atoms with Gasteiger partial charge in [-0.1, -0.05) is 6.07 Å². The first-order valence-electron chi connectivity index (χ1n) is 9.01. The number of aromatic nitrogens is 1. The summed E-state index contributed by atoms with van der Waals surface area (Å²) in [6.45, 7) is 0.923. The van der Waals surface area contributed by atoms with Crippen LogP contribution in [0.25, 0.3) is 21.8 Å². The van der Waals surface area contributed by atoms with Crippen LogP contribution in [-0.4, -0.2) is 36.9 Å². The molecule has 5 rings (SSSR count). The van der Waals surface area contributed by atoms with Crippen molar-refractivity contribution in [3.63, 3.8) is 0 Å². The van der Waals surface area contributed by atoms with Crippen molar-refractivity contribution in [2.24, 2.45) is 0 Å². The maximum Gasteiger partial charge on any atom is 0.172 e. The Morgan fingerprint density at radius 2 is 1.81 bits per heavy atom. The van der Waals surface area contributed by atoms with Gasteiger partial charge < -0.3 is 14.5 Å². The number of H-pyrrole nitrogens is 1. The van der Waals surface area contributed by atoms with Crippen molar-refractivity contribution < 1.29 is 19.1 Å². The van der Waals surface area contributed by atoms with Crippen LogP contribution in [0.3, 0.4) is 0 Å². The largest absolute Gasteiger partial charge is 0.490 e. The molecule has 0 aliphatic heterocycles. The fourth-order valence-corrected chi connectivity index (χ4v) is 4.53. The van der Waals surface area contributed by atoms with Gasteiger partial charge in [0, 0.05) is 23.6 Å². The minimum Gasteiger partial charge on any atom is -0.490 e. The van der Waals surface area contributed by atoms with E-state index < -0.39 is 0 Å². The third-order valence-corrected chi connectivity index (χ3v) is 5.53. The number of carbonyl (C=O) groups excluding carboxylic acids is 2. The zero-order valence-corrected chi connectivity index (χ0v) is 14.6. The molecule has 0 spiro atoms. The first kappa shape index (κ1) is 15.6. The lowest BCUT2D eigenvalue weighted by molar-refractivity contribution is 0.0923. The van der Waals surface area contributed by atoms with Crippen molar-refractivity contribution in [2.75, 3.05) is 20.3 Å². The van der Waals surface area contributed by atoms with E-state index in [9.17, 15) is 9.59 Å². The van der Waals surface area contributed by atoms with Gasteiger partial charge in [-0.15, -0.1) is 0 Å². The molecule has 3 aromatic rings. The number of benzene rings is 2. The van der Waals surface area contributed by atoms with Crippen molar-refractivity contribution in [2.45, 2.75) is 25.7 Å². The minimum absolute atomic E-state index is 0.0136. The van der Waals surface area contributed by atoms with Gasteiger partial charge in [-0.05, 0) is 42.5 Å². The Labute approximate surface area is 150 Å². The van der Waals surface area contributed by atoms with Crippen LogP contribution in [0.2, 0.25) is 0 Å². The molecule has 5 nitrogen and oxygen atoms in total. The van der Waals surface area contributed by atoms with Crippen LogP contribution < -0.4 is 4.74 Å². The van der Waals surface area contributed by atoms with Crippen LogP contribution in [-0.2, 0) is 17.6 Å². The van der Waals surface area contributed by atoms with E-state index in [2.05, 4.69) is 4.98 Å². The average Bonchev–Trinajstić information content (AvgIpc) is 3.30. The Balaban J connectivity index is 1.88. The first-order chi connectivity index (χ1) is 12.7. The molecule has 0 radical (unpaired) electrons. The highest BCUT2D eigenvalue weighted by Crippen LogP contribution is 2.45. The summed E-state index contributed by atoms with van der Waals surface area (Å²) >= 11 is 0. The second-order valence-corrected chi connectivity index (χ2v) is 6.98. The highest BCUT2D eigenvalue weighted by Gasteiger charge is 2.37. The number of methoxy groups -OCH3 is 1. The molecule has 2 aliphatic carbocycles. The molecule has 0 bridgehead atoms. The summed E-state index contributed by atoms with van der Waals surface area (Å²) in [6, 6.07) is 5.84. The van der Waals surface area contributed by atoms with E-state index in [4.69, 9.17) is 9.47 Å². The first-order valence-corrected chi connectivity index (χ1v) is 9.01. The predicted molar refractivity (Wildman–Crippen MR) is 98.5 cm³/mol. The summed E-state index contributed by atoms with van der Waals surface area (Å²) in [7, 11) is 1.64. The molecular weight excluding hydrogens is 330 g/mol. The SMILES string of the molecule is COCCOc1cccc2[nH]c3c4c(c5c(c3c12)C(=O)CC5=O)CCC4. The number of aromatic amines is 1. The number of fused-ring (bicyclic) bond motifs is 8. The predicted octanol–water partition coefficient (Wildman–Crippen LogP) is 3.60. The smallest absolute Gasteiger partial charge is 0.172 e. The highest BCUT2D eigenvalue weighted by molar-refractivity contribution is 6.33. The van der Waals surface area contributed by atoms with Gasteiger partial charge in [-0.3, -0.25) is 9.59 Å². The molecule has 0 atom stereocenters. The van der Waals surface area contributed by atoms with Gasteiger partial charge in [-0.25, -0.2) is 0 Å². The molecule has 1 aromatic heterocycles. The van der Waals surface area contributed by atoms with E-state index in [1.807, 2.05) is 18.2 Å². The van der Waals surface area contributed by atoms with Crippen molar-refractivity contribution in [3.05, 3.63) is 40.5 Å². The molecule has 26 heavy (non-hydrogen) atoms. The van der Waals surface area contributed by atoms with Gasteiger partial charge in [0.05, 0.1) is 29.4 Å². The number of ketones is 2. The van der Waals surface area contributed by atoms with Crippen molar-refractivity contribution in [3.8, 4) is 5.75 Å². The second kappa shape index (κ2) is 5.68. The third kappa shape index (κ3) is 2.01.